The first-order valence-corrected chi connectivity index (χ1v) is 2.64. The summed E-state index contributed by atoms with van der Waals surface area (Å²) in [5, 5.41) is 11.2. The molecule has 0 aliphatic heterocycles. The number of rotatable bonds is 2. The average molecular weight is 160 g/mol. The van der Waals surface area contributed by atoms with E-state index in [0.29, 0.717) is 0 Å². The van der Waals surface area contributed by atoms with Crippen LogP contribution in [-0.2, 0) is 0 Å². The summed E-state index contributed by atoms with van der Waals surface area (Å²) in [7, 11) is 0. The van der Waals surface area contributed by atoms with E-state index in [1.54, 1.807) is 13.8 Å². The molecule has 0 radical (unpaired) electrons. The maximum atomic E-state index is 8.53. The third-order valence-electron chi connectivity index (χ3n) is 0.471. The van der Waals surface area contributed by atoms with E-state index in [4.69, 9.17) is 16.7 Å². The molecule has 2 nitrogen and oxygen atoms in total. The predicted octanol–water partition coefficient (Wildman–Crippen LogP) is 0.921. The second kappa shape index (κ2) is 5.63. The lowest BCUT2D eigenvalue weighted by Crippen LogP contribution is -2.30. The van der Waals surface area contributed by atoms with Crippen molar-refractivity contribution in [3.8, 4) is 0 Å². The third-order valence-corrected chi connectivity index (χ3v) is 0.597. The van der Waals surface area contributed by atoms with E-state index in [2.05, 4.69) is 5.32 Å². The van der Waals surface area contributed by atoms with Crippen LogP contribution in [0.25, 0.3) is 0 Å². The lowest BCUT2D eigenvalue weighted by Gasteiger charge is -2.07. The van der Waals surface area contributed by atoms with Crippen LogP contribution in [0.4, 0.5) is 0 Å². The maximum absolute atomic E-state index is 8.53. The Morgan fingerprint density at radius 1 is 1.50 bits per heavy atom. The maximum Gasteiger partial charge on any atom is 0.103 e. The van der Waals surface area contributed by atoms with Crippen LogP contribution in [0.3, 0.4) is 0 Å². The molecule has 0 saturated heterocycles. The van der Waals surface area contributed by atoms with E-state index in [-0.39, 0.29) is 17.9 Å². The molecular weight excluding hydrogens is 149 g/mol. The molecule has 0 rings (SSSR count). The van der Waals surface area contributed by atoms with Gasteiger partial charge in [0.1, 0.15) is 6.23 Å². The molecule has 0 aliphatic rings. The van der Waals surface area contributed by atoms with E-state index < -0.39 is 6.23 Å². The van der Waals surface area contributed by atoms with E-state index in [0.717, 1.165) is 0 Å². The molecule has 4 heteroatoms. The zero-order valence-corrected chi connectivity index (χ0v) is 6.46. The monoisotopic (exact) mass is 159 g/mol. The van der Waals surface area contributed by atoms with Crippen molar-refractivity contribution in [2.75, 3.05) is 0 Å². The van der Waals surface area contributed by atoms with Crippen LogP contribution in [0, 0.1) is 0 Å². The van der Waals surface area contributed by atoms with Crippen molar-refractivity contribution in [2.24, 2.45) is 0 Å². The number of aliphatic hydroxyl groups is 1. The topological polar surface area (TPSA) is 32.3 Å². The largest absolute Gasteiger partial charge is 0.379 e. The minimum atomic E-state index is -0.507. The molecule has 0 heterocycles. The Kier molecular flexibility index (Phi) is 7.97. The van der Waals surface area contributed by atoms with Gasteiger partial charge < -0.3 is 5.11 Å². The first-order chi connectivity index (χ1) is 3.13. The molecule has 0 aromatic heterocycles. The molecule has 2 unspecified atom stereocenters. The third kappa shape index (κ3) is 9.71. The molecule has 2 N–H and O–H groups in total. The average Bonchev–Trinajstić information content (AvgIpc) is 1.27. The van der Waals surface area contributed by atoms with Crippen molar-refractivity contribution in [3.63, 3.8) is 0 Å². The number of nitrogens with one attached hydrogen (secondary N) is 1. The predicted molar refractivity (Wildman–Crippen MR) is 37.4 cm³/mol. The zero-order valence-electron chi connectivity index (χ0n) is 4.89. The van der Waals surface area contributed by atoms with Gasteiger partial charge in [-0.25, -0.2) is 0 Å². The van der Waals surface area contributed by atoms with Crippen molar-refractivity contribution in [3.05, 3.63) is 0 Å². The van der Waals surface area contributed by atoms with E-state index >= 15 is 0 Å². The van der Waals surface area contributed by atoms with Crippen LogP contribution < -0.4 is 5.32 Å². The van der Waals surface area contributed by atoms with Gasteiger partial charge in [-0.15, -0.1) is 24.0 Å². The van der Waals surface area contributed by atoms with Gasteiger partial charge in [0.25, 0.3) is 0 Å². The summed E-state index contributed by atoms with van der Waals surface area (Å²) in [5.74, 6) is 0. The van der Waals surface area contributed by atoms with Gasteiger partial charge in [-0.1, -0.05) is 0 Å². The summed E-state index contributed by atoms with van der Waals surface area (Å²) < 4.78 is 0. The van der Waals surface area contributed by atoms with E-state index in [9.17, 15) is 0 Å². The van der Waals surface area contributed by atoms with Crippen LogP contribution in [0.5, 0.6) is 0 Å². The summed E-state index contributed by atoms with van der Waals surface area (Å²) in [6.45, 7) is 3.38. The van der Waals surface area contributed by atoms with Gasteiger partial charge in [-0.05, 0) is 13.8 Å². The summed E-state index contributed by atoms with van der Waals surface area (Å²) in [4.78, 5) is 0. The summed E-state index contributed by atoms with van der Waals surface area (Å²) in [5.41, 5.74) is -0.153. The molecule has 0 bridgehead atoms. The molecule has 8 heavy (non-hydrogen) atoms. The number of halogens is 2. The van der Waals surface area contributed by atoms with E-state index in [1.807, 2.05) is 0 Å². The van der Waals surface area contributed by atoms with E-state index in [1.165, 1.54) is 0 Å². The van der Waals surface area contributed by atoms with Gasteiger partial charge in [0, 0.05) is 0 Å². The highest BCUT2D eigenvalue weighted by Gasteiger charge is 1.96. The van der Waals surface area contributed by atoms with Gasteiger partial charge in [0.2, 0.25) is 0 Å². The van der Waals surface area contributed by atoms with Crippen molar-refractivity contribution in [1.82, 2.24) is 5.32 Å². The minimum absolute atomic E-state index is 0. The Morgan fingerprint density at radius 2 is 1.88 bits per heavy atom. The van der Waals surface area contributed by atoms with Gasteiger partial charge in [-0.3, -0.25) is 5.32 Å². The fourth-order valence-electron chi connectivity index (χ4n) is 0.332. The second-order valence-electron chi connectivity index (χ2n) is 1.46. The number of hydrogen-bond acceptors (Lipinski definition) is 2. The highest BCUT2D eigenvalue weighted by molar-refractivity contribution is 6.20. The number of aliphatic hydroxyl groups excluding tert-OH is 1. The van der Waals surface area contributed by atoms with Gasteiger partial charge >= 0.3 is 0 Å². The Labute approximate surface area is 60.6 Å². The highest BCUT2D eigenvalue weighted by Crippen LogP contribution is 1.86. The Balaban J connectivity index is 0. The molecule has 0 aliphatic carbocycles. The molecule has 0 aromatic rings. The van der Waals surface area contributed by atoms with Crippen molar-refractivity contribution in [2.45, 2.75) is 25.6 Å². The zero-order chi connectivity index (χ0) is 5.86. The Bertz CT molecular complexity index is 43.3. The number of hydrogen-bond donors (Lipinski definition) is 2. The molecule has 0 saturated carbocycles. The first-order valence-electron chi connectivity index (χ1n) is 2.21. The van der Waals surface area contributed by atoms with Crippen LogP contribution in [0.1, 0.15) is 13.8 Å². The molecule has 0 aromatic carbocycles. The van der Waals surface area contributed by atoms with Gasteiger partial charge in [0.15, 0.2) is 0 Å². The lowest BCUT2D eigenvalue weighted by atomic mass is 10.6. The van der Waals surface area contributed by atoms with Crippen molar-refractivity contribution >= 4 is 24.0 Å². The molecule has 0 spiro atoms. The summed E-state index contributed by atoms with van der Waals surface area (Å²) >= 11 is 5.40. The Hall–Kier alpha value is 0.500. The van der Waals surface area contributed by atoms with Crippen molar-refractivity contribution < 1.29 is 5.11 Å². The summed E-state index contributed by atoms with van der Waals surface area (Å²) in [6.07, 6.45) is -0.507. The SMILES string of the molecule is CC(O)NC(C)Cl.Cl. The number of alkyl halides is 1. The molecular formula is C4H11Cl2NO. The summed E-state index contributed by atoms with van der Waals surface area (Å²) in [6, 6.07) is 0. The highest BCUT2D eigenvalue weighted by atomic mass is 35.5. The lowest BCUT2D eigenvalue weighted by molar-refractivity contribution is 0.154. The smallest absolute Gasteiger partial charge is 0.103 e. The fraction of sp³-hybridized carbons (Fsp3) is 1.00. The molecule has 0 amide bonds. The van der Waals surface area contributed by atoms with Gasteiger partial charge in [0.05, 0.1) is 5.50 Å². The second-order valence-corrected chi connectivity index (χ2v) is 2.11. The molecule has 52 valence electrons. The molecule has 2 atom stereocenters. The fourth-order valence-corrected chi connectivity index (χ4v) is 0.515. The minimum Gasteiger partial charge on any atom is -0.379 e. The van der Waals surface area contributed by atoms with Crippen LogP contribution >= 0.6 is 24.0 Å². The van der Waals surface area contributed by atoms with Gasteiger partial charge in [-0.2, -0.15) is 0 Å². The van der Waals surface area contributed by atoms with Crippen LogP contribution in [0.15, 0.2) is 0 Å². The quantitative estimate of drug-likeness (QED) is 0.357. The Morgan fingerprint density at radius 3 is 1.88 bits per heavy atom. The molecule has 0 fully saturated rings. The normalized spacial score (nSPS) is 16.5. The van der Waals surface area contributed by atoms with Crippen molar-refractivity contribution in [1.29, 1.82) is 0 Å². The van der Waals surface area contributed by atoms with Crippen LogP contribution in [0.2, 0.25) is 0 Å². The van der Waals surface area contributed by atoms with Crippen LogP contribution in [-0.4, -0.2) is 16.8 Å². The standard InChI is InChI=1S/C4H10ClNO.ClH/c1-3(5)6-4(2)7;/h3-4,6-7H,1-2H3;1H. The first kappa shape index (κ1) is 11.3.